The molecule has 0 aliphatic carbocycles. The molecule has 4 aromatic rings. The maximum atomic E-state index is 13.4. The van der Waals surface area contributed by atoms with Gasteiger partial charge in [-0.2, -0.15) is 0 Å². The lowest BCUT2D eigenvalue weighted by atomic mass is 10.0. The molecule has 5 rings (SSSR count). The van der Waals surface area contributed by atoms with Gasteiger partial charge in [0.1, 0.15) is 12.3 Å². The van der Waals surface area contributed by atoms with Crippen molar-refractivity contribution in [2.75, 3.05) is 44.7 Å². The van der Waals surface area contributed by atoms with Gasteiger partial charge in [0.05, 0.1) is 12.8 Å². The number of amides is 2. The zero-order valence-corrected chi connectivity index (χ0v) is 24.4. The van der Waals surface area contributed by atoms with Crippen molar-refractivity contribution in [1.29, 1.82) is 0 Å². The second-order valence-corrected chi connectivity index (χ2v) is 10.5. The Bertz CT molecular complexity index is 1480. The summed E-state index contributed by atoms with van der Waals surface area (Å²) in [4.78, 5) is 32.3. The van der Waals surface area contributed by atoms with E-state index in [1.54, 1.807) is 36.3 Å². The summed E-state index contributed by atoms with van der Waals surface area (Å²) >= 11 is 0. The van der Waals surface area contributed by atoms with Gasteiger partial charge in [-0.15, -0.1) is 10.2 Å². The molecule has 1 atom stereocenters. The van der Waals surface area contributed by atoms with E-state index in [0.29, 0.717) is 37.5 Å². The molecule has 0 unspecified atom stereocenters. The molecule has 1 aliphatic rings. The Morgan fingerprint density at radius 1 is 0.833 bits per heavy atom. The molecule has 2 heterocycles. The number of ether oxygens (including phenoxy) is 1. The van der Waals surface area contributed by atoms with Crippen molar-refractivity contribution < 1.29 is 14.3 Å². The standard InChI is InChI=1S/C34H37N5O3/c1-4-25(2)39(34(41)29-11-8-12-30(23-29)42-3)24-33(40)38-21-19-37(20-22-38)32-18-17-31(35-36-32)28-15-13-27(14-16-28)26-9-6-5-7-10-26/h5-18,23,25H,4,19-22,24H2,1-3H3/t25-/m0/s1. The van der Waals surface area contributed by atoms with Gasteiger partial charge in [-0.05, 0) is 54.8 Å². The normalized spacial score (nSPS) is 13.9. The van der Waals surface area contributed by atoms with Crippen molar-refractivity contribution in [2.24, 2.45) is 0 Å². The average Bonchev–Trinajstić information content (AvgIpc) is 3.07. The summed E-state index contributed by atoms with van der Waals surface area (Å²) in [5.41, 5.74) is 4.69. The quantitative estimate of drug-likeness (QED) is 0.271. The number of rotatable bonds is 9. The number of carbonyl (C=O) groups excluding carboxylic acids is 2. The maximum absolute atomic E-state index is 13.4. The second-order valence-electron chi connectivity index (χ2n) is 10.5. The number of hydrogen-bond acceptors (Lipinski definition) is 6. The van der Waals surface area contributed by atoms with Crippen LogP contribution in [0, 0.1) is 0 Å². The monoisotopic (exact) mass is 563 g/mol. The van der Waals surface area contributed by atoms with Gasteiger partial charge < -0.3 is 19.4 Å². The van der Waals surface area contributed by atoms with Crippen molar-refractivity contribution in [2.45, 2.75) is 26.3 Å². The van der Waals surface area contributed by atoms with Crippen LogP contribution in [0.15, 0.2) is 91.0 Å². The third kappa shape index (κ3) is 6.60. The topological polar surface area (TPSA) is 78.9 Å². The molecular formula is C34H37N5O3. The van der Waals surface area contributed by atoms with Crippen LogP contribution >= 0.6 is 0 Å². The molecule has 216 valence electrons. The SMILES string of the molecule is CC[C@H](C)N(CC(=O)N1CCN(c2ccc(-c3ccc(-c4ccccc4)cc3)nn2)CC1)C(=O)c1cccc(OC)c1. The van der Waals surface area contributed by atoms with E-state index < -0.39 is 0 Å². The van der Waals surface area contributed by atoms with Crippen LogP contribution in [0.1, 0.15) is 30.6 Å². The molecule has 8 heteroatoms. The number of nitrogens with zero attached hydrogens (tertiary/aromatic N) is 5. The van der Waals surface area contributed by atoms with Crippen molar-refractivity contribution in [1.82, 2.24) is 20.0 Å². The van der Waals surface area contributed by atoms with E-state index in [9.17, 15) is 9.59 Å². The van der Waals surface area contributed by atoms with Crippen molar-refractivity contribution >= 4 is 17.6 Å². The minimum Gasteiger partial charge on any atom is -0.497 e. The number of carbonyl (C=O) groups is 2. The van der Waals surface area contributed by atoms with E-state index >= 15 is 0 Å². The molecule has 0 saturated carbocycles. The molecule has 0 spiro atoms. The fourth-order valence-electron chi connectivity index (χ4n) is 5.11. The molecule has 1 aliphatic heterocycles. The molecule has 2 amide bonds. The Balaban J connectivity index is 1.18. The molecule has 1 aromatic heterocycles. The number of aromatic nitrogens is 2. The number of benzene rings is 3. The minimum atomic E-state index is -0.166. The second kappa shape index (κ2) is 13.3. The molecule has 8 nitrogen and oxygen atoms in total. The van der Waals surface area contributed by atoms with Gasteiger partial charge >= 0.3 is 0 Å². The van der Waals surface area contributed by atoms with Gasteiger partial charge in [-0.3, -0.25) is 9.59 Å². The zero-order chi connectivity index (χ0) is 29.5. The molecule has 0 radical (unpaired) electrons. The summed E-state index contributed by atoms with van der Waals surface area (Å²) in [6.07, 6.45) is 0.753. The van der Waals surface area contributed by atoms with E-state index in [2.05, 4.69) is 51.5 Å². The van der Waals surface area contributed by atoms with E-state index in [1.165, 1.54) is 5.56 Å². The summed E-state index contributed by atoms with van der Waals surface area (Å²) in [6.45, 7) is 6.46. The fourth-order valence-corrected chi connectivity index (χ4v) is 5.11. The molecule has 0 bridgehead atoms. The van der Waals surface area contributed by atoms with Gasteiger partial charge in [0.2, 0.25) is 5.91 Å². The summed E-state index contributed by atoms with van der Waals surface area (Å²) in [7, 11) is 1.57. The van der Waals surface area contributed by atoms with Crippen molar-refractivity contribution in [3.05, 3.63) is 96.6 Å². The highest BCUT2D eigenvalue weighted by Gasteiger charge is 2.28. The van der Waals surface area contributed by atoms with E-state index in [1.807, 2.05) is 49.1 Å². The zero-order valence-electron chi connectivity index (χ0n) is 24.4. The van der Waals surface area contributed by atoms with Crippen LogP contribution in [0.2, 0.25) is 0 Å². The van der Waals surface area contributed by atoms with Crippen LogP contribution in [0.25, 0.3) is 22.4 Å². The highest BCUT2D eigenvalue weighted by atomic mass is 16.5. The van der Waals surface area contributed by atoms with Crippen LogP contribution in [-0.4, -0.2) is 77.7 Å². The minimum absolute atomic E-state index is 0.0443. The maximum Gasteiger partial charge on any atom is 0.254 e. The number of methoxy groups -OCH3 is 1. The predicted molar refractivity (Wildman–Crippen MR) is 165 cm³/mol. The molecule has 0 N–H and O–H groups in total. The molecule has 1 saturated heterocycles. The van der Waals surface area contributed by atoms with Gasteiger partial charge in [0.25, 0.3) is 5.91 Å². The first-order valence-corrected chi connectivity index (χ1v) is 14.4. The lowest BCUT2D eigenvalue weighted by Crippen LogP contribution is -2.53. The summed E-state index contributed by atoms with van der Waals surface area (Å²) in [5.74, 6) is 1.19. The van der Waals surface area contributed by atoms with Crippen molar-refractivity contribution in [3.8, 4) is 28.1 Å². The number of anilines is 1. The summed E-state index contributed by atoms with van der Waals surface area (Å²) in [5, 5.41) is 8.98. The van der Waals surface area contributed by atoms with E-state index in [-0.39, 0.29) is 24.4 Å². The Hall–Kier alpha value is -4.72. The Kier molecular flexibility index (Phi) is 9.12. The first-order chi connectivity index (χ1) is 20.5. The van der Waals surface area contributed by atoms with Crippen LogP contribution in [0.5, 0.6) is 5.75 Å². The van der Waals surface area contributed by atoms with Gasteiger partial charge in [-0.1, -0.05) is 67.6 Å². The number of piperazine rings is 1. The molecule has 42 heavy (non-hydrogen) atoms. The molecular weight excluding hydrogens is 526 g/mol. The largest absolute Gasteiger partial charge is 0.497 e. The van der Waals surface area contributed by atoms with Crippen LogP contribution in [0.3, 0.4) is 0 Å². The molecule has 1 fully saturated rings. The Labute approximate surface area is 247 Å². The van der Waals surface area contributed by atoms with Crippen molar-refractivity contribution in [3.63, 3.8) is 0 Å². The van der Waals surface area contributed by atoms with Crippen LogP contribution < -0.4 is 9.64 Å². The van der Waals surface area contributed by atoms with Gasteiger partial charge in [0.15, 0.2) is 5.82 Å². The highest BCUT2D eigenvalue weighted by Crippen LogP contribution is 2.25. The average molecular weight is 564 g/mol. The third-order valence-corrected chi connectivity index (χ3v) is 7.90. The first-order valence-electron chi connectivity index (χ1n) is 14.4. The Morgan fingerprint density at radius 2 is 1.52 bits per heavy atom. The molecule has 3 aromatic carbocycles. The predicted octanol–water partition coefficient (Wildman–Crippen LogP) is 5.41. The van der Waals surface area contributed by atoms with Crippen LogP contribution in [0.4, 0.5) is 5.82 Å². The number of hydrogen-bond donors (Lipinski definition) is 0. The first kappa shape index (κ1) is 28.8. The van der Waals surface area contributed by atoms with Gasteiger partial charge in [0, 0.05) is 43.3 Å². The van der Waals surface area contributed by atoms with E-state index in [4.69, 9.17) is 4.74 Å². The summed E-state index contributed by atoms with van der Waals surface area (Å²) < 4.78 is 5.28. The van der Waals surface area contributed by atoms with Crippen LogP contribution in [-0.2, 0) is 4.79 Å². The lowest BCUT2D eigenvalue weighted by molar-refractivity contribution is -0.132. The third-order valence-electron chi connectivity index (χ3n) is 7.90. The van der Waals surface area contributed by atoms with E-state index in [0.717, 1.165) is 29.1 Å². The lowest BCUT2D eigenvalue weighted by Gasteiger charge is -2.37. The van der Waals surface area contributed by atoms with Gasteiger partial charge in [-0.25, -0.2) is 0 Å². The highest BCUT2D eigenvalue weighted by molar-refractivity contribution is 5.97. The fraction of sp³-hybridized carbons (Fsp3) is 0.294. The summed E-state index contributed by atoms with van der Waals surface area (Å²) in [6, 6.07) is 29.6. The smallest absolute Gasteiger partial charge is 0.254 e. The Morgan fingerprint density at radius 3 is 2.17 bits per heavy atom.